The van der Waals surface area contributed by atoms with E-state index < -0.39 is 0 Å². The molecule has 7 heteroatoms. The topological polar surface area (TPSA) is 97.3 Å². The van der Waals surface area contributed by atoms with Crippen LogP contribution in [0.3, 0.4) is 0 Å². The van der Waals surface area contributed by atoms with Crippen molar-refractivity contribution in [1.82, 2.24) is 10.1 Å². The van der Waals surface area contributed by atoms with Gasteiger partial charge < -0.3 is 20.5 Å². The van der Waals surface area contributed by atoms with Gasteiger partial charge in [0.25, 0.3) is 5.89 Å². The largest absolute Gasteiger partial charge is 0.398 e. The number of rotatable bonds is 4. The standard InChI is InChI=1S/C20H21N5O2/c1-12-6-7-14(20-23-13(2)24-27-20)10-17(12)22-11-19(26)25-9-8-15-16(21)4-3-5-18(15)25/h3-7,10,22H,8-9,11,21H2,1-2H3. The molecule has 0 aliphatic carbocycles. The third-order valence-electron chi connectivity index (χ3n) is 4.81. The molecule has 7 nitrogen and oxygen atoms in total. The molecule has 4 rings (SSSR count). The molecule has 0 saturated carbocycles. The van der Waals surface area contributed by atoms with Gasteiger partial charge in [-0.25, -0.2) is 0 Å². The third kappa shape index (κ3) is 3.23. The highest BCUT2D eigenvalue weighted by molar-refractivity contribution is 5.99. The SMILES string of the molecule is Cc1noc(-c2ccc(C)c(NCC(=O)N3CCc4c(N)cccc43)c2)n1. The van der Waals surface area contributed by atoms with Gasteiger partial charge in [0.1, 0.15) is 0 Å². The van der Waals surface area contributed by atoms with E-state index in [1.807, 2.05) is 43.3 Å². The highest BCUT2D eigenvalue weighted by atomic mass is 16.5. The van der Waals surface area contributed by atoms with Gasteiger partial charge in [-0.3, -0.25) is 4.79 Å². The van der Waals surface area contributed by atoms with Gasteiger partial charge in [0, 0.05) is 34.7 Å². The van der Waals surface area contributed by atoms with Gasteiger partial charge in [0.2, 0.25) is 5.91 Å². The van der Waals surface area contributed by atoms with Crippen LogP contribution in [-0.4, -0.2) is 29.1 Å². The molecule has 0 bridgehead atoms. The smallest absolute Gasteiger partial charge is 0.257 e. The predicted molar refractivity (Wildman–Crippen MR) is 105 cm³/mol. The number of carbonyl (C=O) groups is 1. The maximum atomic E-state index is 12.7. The summed E-state index contributed by atoms with van der Waals surface area (Å²) in [7, 11) is 0. The maximum absolute atomic E-state index is 12.7. The molecule has 0 radical (unpaired) electrons. The van der Waals surface area contributed by atoms with E-state index in [1.54, 1.807) is 11.8 Å². The molecule has 2 heterocycles. The molecule has 27 heavy (non-hydrogen) atoms. The van der Waals surface area contributed by atoms with Gasteiger partial charge in [-0.15, -0.1) is 0 Å². The predicted octanol–water partition coefficient (Wildman–Crippen LogP) is 2.94. The molecule has 0 spiro atoms. The minimum absolute atomic E-state index is 0.0118. The summed E-state index contributed by atoms with van der Waals surface area (Å²) in [5.74, 6) is 1.06. The molecule has 2 aromatic carbocycles. The Labute approximate surface area is 157 Å². The molecule has 138 valence electrons. The first-order valence-corrected chi connectivity index (χ1v) is 8.86. The first kappa shape index (κ1) is 17.1. The molecule has 0 saturated heterocycles. The number of fused-ring (bicyclic) bond motifs is 1. The Kier molecular flexibility index (Phi) is 4.27. The Hall–Kier alpha value is -3.35. The number of benzene rings is 2. The molecule has 1 aliphatic rings. The lowest BCUT2D eigenvalue weighted by molar-refractivity contribution is -0.116. The summed E-state index contributed by atoms with van der Waals surface area (Å²) in [6, 6.07) is 11.5. The van der Waals surface area contributed by atoms with Crippen LogP contribution in [0, 0.1) is 13.8 Å². The van der Waals surface area contributed by atoms with Crippen molar-refractivity contribution in [2.45, 2.75) is 20.3 Å². The summed E-state index contributed by atoms with van der Waals surface area (Å²) < 4.78 is 5.23. The van der Waals surface area contributed by atoms with Gasteiger partial charge in [-0.05, 0) is 50.1 Å². The van der Waals surface area contributed by atoms with E-state index >= 15 is 0 Å². The number of nitrogens with one attached hydrogen (secondary N) is 1. The lowest BCUT2D eigenvalue weighted by atomic mass is 10.1. The van der Waals surface area contributed by atoms with Crippen LogP contribution in [0.1, 0.15) is 17.0 Å². The van der Waals surface area contributed by atoms with Crippen LogP contribution < -0.4 is 16.0 Å². The van der Waals surface area contributed by atoms with Crippen LogP contribution >= 0.6 is 0 Å². The lowest BCUT2D eigenvalue weighted by Crippen LogP contribution is -2.34. The highest BCUT2D eigenvalue weighted by Crippen LogP contribution is 2.32. The van der Waals surface area contributed by atoms with E-state index in [1.165, 1.54) is 0 Å². The molecular weight excluding hydrogens is 342 g/mol. The fourth-order valence-electron chi connectivity index (χ4n) is 3.35. The summed E-state index contributed by atoms with van der Waals surface area (Å²) in [6.07, 6.45) is 0.790. The zero-order chi connectivity index (χ0) is 19.0. The quantitative estimate of drug-likeness (QED) is 0.692. The Morgan fingerprint density at radius 2 is 2.15 bits per heavy atom. The molecule has 0 atom stereocenters. The van der Waals surface area contributed by atoms with Crippen molar-refractivity contribution < 1.29 is 9.32 Å². The number of anilines is 3. The maximum Gasteiger partial charge on any atom is 0.257 e. The number of nitrogens with zero attached hydrogens (tertiary/aromatic N) is 3. The molecule has 3 aromatic rings. The van der Waals surface area contributed by atoms with Crippen LogP contribution in [0.5, 0.6) is 0 Å². The number of carbonyl (C=O) groups excluding carboxylic acids is 1. The van der Waals surface area contributed by atoms with Gasteiger partial charge in [-0.1, -0.05) is 17.3 Å². The lowest BCUT2D eigenvalue weighted by Gasteiger charge is -2.19. The first-order valence-electron chi connectivity index (χ1n) is 8.86. The molecule has 0 fully saturated rings. The summed E-state index contributed by atoms with van der Waals surface area (Å²) in [4.78, 5) is 18.8. The van der Waals surface area contributed by atoms with E-state index in [4.69, 9.17) is 10.3 Å². The average molecular weight is 363 g/mol. The molecular formula is C20H21N5O2. The Bertz CT molecular complexity index is 1010. The summed E-state index contributed by atoms with van der Waals surface area (Å²) in [5.41, 5.74) is 11.4. The van der Waals surface area contributed by atoms with E-state index in [2.05, 4.69) is 15.5 Å². The monoisotopic (exact) mass is 363 g/mol. The minimum Gasteiger partial charge on any atom is -0.398 e. The van der Waals surface area contributed by atoms with Gasteiger partial charge in [0.05, 0.1) is 6.54 Å². The van der Waals surface area contributed by atoms with E-state index in [-0.39, 0.29) is 12.5 Å². The molecule has 1 amide bonds. The summed E-state index contributed by atoms with van der Waals surface area (Å²) >= 11 is 0. The van der Waals surface area contributed by atoms with E-state index in [0.29, 0.717) is 18.3 Å². The summed E-state index contributed by atoms with van der Waals surface area (Å²) in [5, 5.41) is 7.06. The highest BCUT2D eigenvalue weighted by Gasteiger charge is 2.25. The zero-order valence-electron chi connectivity index (χ0n) is 15.3. The minimum atomic E-state index is 0.0118. The molecule has 1 aromatic heterocycles. The first-order chi connectivity index (χ1) is 13.0. The van der Waals surface area contributed by atoms with Crippen molar-refractivity contribution in [3.05, 3.63) is 53.3 Å². The van der Waals surface area contributed by atoms with Crippen LogP contribution in [-0.2, 0) is 11.2 Å². The summed E-state index contributed by atoms with van der Waals surface area (Å²) in [6.45, 7) is 4.62. The number of amides is 1. The second-order valence-corrected chi connectivity index (χ2v) is 6.67. The number of nitrogens with two attached hydrogens (primary N) is 1. The normalized spacial score (nSPS) is 12.9. The van der Waals surface area contributed by atoms with E-state index in [9.17, 15) is 4.79 Å². The Morgan fingerprint density at radius 3 is 2.93 bits per heavy atom. The molecule has 1 aliphatic heterocycles. The van der Waals surface area contributed by atoms with Gasteiger partial charge in [0.15, 0.2) is 5.82 Å². The van der Waals surface area contributed by atoms with Crippen molar-refractivity contribution in [3.63, 3.8) is 0 Å². The molecule has 3 N–H and O–H groups in total. The number of aromatic nitrogens is 2. The average Bonchev–Trinajstić information content (AvgIpc) is 3.28. The second-order valence-electron chi connectivity index (χ2n) is 6.67. The van der Waals surface area contributed by atoms with Crippen molar-refractivity contribution in [2.75, 3.05) is 29.0 Å². The van der Waals surface area contributed by atoms with Gasteiger partial charge >= 0.3 is 0 Å². The fraction of sp³-hybridized carbons (Fsp3) is 0.250. The van der Waals surface area contributed by atoms with E-state index in [0.717, 1.165) is 40.2 Å². The molecule has 0 unspecified atom stereocenters. The number of aryl methyl sites for hydroxylation is 2. The number of nitrogen functional groups attached to an aromatic ring is 1. The van der Waals surface area contributed by atoms with Crippen molar-refractivity contribution in [1.29, 1.82) is 0 Å². The van der Waals surface area contributed by atoms with Gasteiger partial charge in [-0.2, -0.15) is 4.98 Å². The van der Waals surface area contributed by atoms with Crippen molar-refractivity contribution >= 4 is 23.0 Å². The Morgan fingerprint density at radius 1 is 1.30 bits per heavy atom. The van der Waals surface area contributed by atoms with Crippen molar-refractivity contribution in [3.8, 4) is 11.5 Å². The number of hydrogen-bond donors (Lipinski definition) is 2. The Balaban J connectivity index is 1.49. The van der Waals surface area contributed by atoms with Crippen LogP contribution in [0.15, 0.2) is 40.9 Å². The fourth-order valence-corrected chi connectivity index (χ4v) is 3.35. The third-order valence-corrected chi connectivity index (χ3v) is 4.81. The van der Waals surface area contributed by atoms with Crippen LogP contribution in [0.25, 0.3) is 11.5 Å². The second kappa shape index (κ2) is 6.75. The number of hydrogen-bond acceptors (Lipinski definition) is 6. The van der Waals surface area contributed by atoms with Crippen molar-refractivity contribution in [2.24, 2.45) is 0 Å². The van der Waals surface area contributed by atoms with Crippen LogP contribution in [0.2, 0.25) is 0 Å². The van der Waals surface area contributed by atoms with Crippen LogP contribution in [0.4, 0.5) is 17.1 Å². The zero-order valence-corrected chi connectivity index (χ0v) is 15.3.